The van der Waals surface area contributed by atoms with Crippen molar-refractivity contribution < 1.29 is 13.2 Å². The zero-order valence-corrected chi connectivity index (χ0v) is 15.1. The zero-order chi connectivity index (χ0) is 17.9. The third kappa shape index (κ3) is 4.90. The molecule has 2 nitrogen and oxygen atoms in total. The molecule has 1 heterocycles. The van der Waals surface area contributed by atoms with Crippen molar-refractivity contribution in [3.05, 3.63) is 77.5 Å². The maximum absolute atomic E-state index is 12.5. The van der Waals surface area contributed by atoms with Crippen LogP contribution in [-0.2, 0) is 12.7 Å². The Balaban J connectivity index is 0.00000243. The second kappa shape index (κ2) is 8.43. The molecule has 3 rings (SSSR count). The number of nitrogens with one attached hydrogen (secondary N) is 1. The van der Waals surface area contributed by atoms with E-state index in [4.69, 9.17) is 0 Å². The zero-order valence-electron chi connectivity index (χ0n) is 14.3. The van der Waals surface area contributed by atoms with Crippen LogP contribution in [0.25, 0.3) is 17.0 Å². The standard InChI is InChI=1S/C20H19F3N2.ClH/c1-25(14-16-5-2-6-19-18(16)11-12-24-19)13-3-4-15-7-9-17(10-8-15)20(21,22)23;/h2-12,24H,13-14H2,1H3;1H/b4-3+;. The van der Waals surface area contributed by atoms with Crippen LogP contribution in [0.2, 0.25) is 0 Å². The van der Waals surface area contributed by atoms with Gasteiger partial charge in [-0.1, -0.05) is 36.4 Å². The van der Waals surface area contributed by atoms with E-state index in [2.05, 4.69) is 22.0 Å². The number of aromatic nitrogens is 1. The van der Waals surface area contributed by atoms with Gasteiger partial charge >= 0.3 is 6.18 Å². The van der Waals surface area contributed by atoms with Crippen molar-refractivity contribution >= 4 is 29.4 Å². The lowest BCUT2D eigenvalue weighted by molar-refractivity contribution is -0.137. The first-order valence-electron chi connectivity index (χ1n) is 8.01. The summed E-state index contributed by atoms with van der Waals surface area (Å²) in [5, 5.41) is 1.21. The molecule has 0 radical (unpaired) electrons. The highest BCUT2D eigenvalue weighted by atomic mass is 35.5. The molecule has 0 unspecified atom stereocenters. The van der Waals surface area contributed by atoms with Gasteiger partial charge in [-0.15, -0.1) is 12.4 Å². The van der Waals surface area contributed by atoms with Gasteiger partial charge in [-0.25, -0.2) is 0 Å². The number of halogens is 4. The Labute approximate surface area is 156 Å². The van der Waals surface area contributed by atoms with Gasteiger partial charge in [0.15, 0.2) is 0 Å². The van der Waals surface area contributed by atoms with Gasteiger partial charge in [-0.3, -0.25) is 4.90 Å². The molecular formula is C20H20ClF3N2. The van der Waals surface area contributed by atoms with Crippen LogP contribution in [0, 0.1) is 0 Å². The fourth-order valence-electron chi connectivity index (χ4n) is 2.80. The van der Waals surface area contributed by atoms with Gasteiger partial charge in [0, 0.05) is 30.2 Å². The molecule has 26 heavy (non-hydrogen) atoms. The number of benzene rings is 2. The van der Waals surface area contributed by atoms with Crippen LogP contribution in [0.15, 0.2) is 60.8 Å². The normalized spacial score (nSPS) is 12.0. The van der Waals surface area contributed by atoms with Crippen molar-refractivity contribution in [1.29, 1.82) is 0 Å². The average Bonchev–Trinajstić information content (AvgIpc) is 3.04. The molecule has 6 heteroatoms. The van der Waals surface area contributed by atoms with Crippen molar-refractivity contribution in [2.75, 3.05) is 13.6 Å². The maximum atomic E-state index is 12.5. The highest BCUT2D eigenvalue weighted by Crippen LogP contribution is 2.29. The number of aromatic amines is 1. The summed E-state index contributed by atoms with van der Waals surface area (Å²) in [6.45, 7) is 1.51. The molecule has 1 N–H and O–H groups in total. The van der Waals surface area contributed by atoms with E-state index in [0.29, 0.717) is 6.54 Å². The third-order valence-electron chi connectivity index (χ3n) is 4.09. The van der Waals surface area contributed by atoms with E-state index in [9.17, 15) is 13.2 Å². The van der Waals surface area contributed by atoms with Gasteiger partial charge in [0.1, 0.15) is 0 Å². The Morgan fingerprint density at radius 2 is 1.77 bits per heavy atom. The van der Waals surface area contributed by atoms with Crippen LogP contribution >= 0.6 is 12.4 Å². The minimum absolute atomic E-state index is 0. The van der Waals surface area contributed by atoms with Crippen LogP contribution in [0.1, 0.15) is 16.7 Å². The molecule has 0 fully saturated rings. The first-order valence-corrected chi connectivity index (χ1v) is 8.01. The van der Waals surface area contributed by atoms with E-state index >= 15 is 0 Å². The van der Waals surface area contributed by atoms with E-state index in [1.807, 2.05) is 37.5 Å². The molecule has 0 atom stereocenters. The van der Waals surface area contributed by atoms with Crippen molar-refractivity contribution in [1.82, 2.24) is 9.88 Å². The molecule has 0 aliphatic heterocycles. The number of alkyl halides is 3. The second-order valence-corrected chi connectivity index (χ2v) is 6.07. The summed E-state index contributed by atoms with van der Waals surface area (Å²) in [5.74, 6) is 0. The summed E-state index contributed by atoms with van der Waals surface area (Å²) >= 11 is 0. The lowest BCUT2D eigenvalue weighted by Crippen LogP contribution is -2.17. The number of rotatable bonds is 5. The van der Waals surface area contributed by atoms with Crippen LogP contribution < -0.4 is 0 Å². The van der Waals surface area contributed by atoms with Gasteiger partial charge in [0.2, 0.25) is 0 Å². The molecule has 0 amide bonds. The quantitative estimate of drug-likeness (QED) is 0.596. The maximum Gasteiger partial charge on any atom is 0.416 e. The summed E-state index contributed by atoms with van der Waals surface area (Å²) in [6.07, 6.45) is 1.44. The predicted molar refractivity (Wildman–Crippen MR) is 102 cm³/mol. The second-order valence-electron chi connectivity index (χ2n) is 6.07. The van der Waals surface area contributed by atoms with Gasteiger partial charge in [-0.2, -0.15) is 13.2 Å². The minimum Gasteiger partial charge on any atom is -0.361 e. The van der Waals surface area contributed by atoms with Crippen LogP contribution in [0.4, 0.5) is 13.2 Å². The van der Waals surface area contributed by atoms with Crippen molar-refractivity contribution in [3.8, 4) is 0 Å². The molecular weight excluding hydrogens is 361 g/mol. The lowest BCUT2D eigenvalue weighted by atomic mass is 10.1. The van der Waals surface area contributed by atoms with Crippen LogP contribution in [0.5, 0.6) is 0 Å². The molecule has 0 bridgehead atoms. The number of hydrogen-bond donors (Lipinski definition) is 1. The molecule has 2 aromatic carbocycles. The fourth-order valence-corrected chi connectivity index (χ4v) is 2.80. The van der Waals surface area contributed by atoms with E-state index in [1.54, 1.807) is 0 Å². The average molecular weight is 381 g/mol. The van der Waals surface area contributed by atoms with Gasteiger partial charge in [0.25, 0.3) is 0 Å². The minimum atomic E-state index is -4.29. The van der Waals surface area contributed by atoms with E-state index < -0.39 is 11.7 Å². The third-order valence-corrected chi connectivity index (χ3v) is 4.09. The van der Waals surface area contributed by atoms with E-state index in [1.165, 1.54) is 23.1 Å². The number of fused-ring (bicyclic) bond motifs is 1. The topological polar surface area (TPSA) is 19.0 Å². The van der Waals surface area contributed by atoms with Crippen LogP contribution in [0.3, 0.4) is 0 Å². The predicted octanol–water partition coefficient (Wildman–Crippen LogP) is 5.75. The van der Waals surface area contributed by atoms with Crippen molar-refractivity contribution in [2.24, 2.45) is 0 Å². The Morgan fingerprint density at radius 3 is 2.46 bits per heavy atom. The SMILES string of the molecule is CN(C/C=C/c1ccc(C(F)(F)F)cc1)Cc1cccc2[nH]ccc12.Cl. The molecule has 138 valence electrons. The van der Waals surface area contributed by atoms with Crippen molar-refractivity contribution in [2.45, 2.75) is 12.7 Å². The summed E-state index contributed by atoms with van der Waals surface area (Å²) in [4.78, 5) is 5.36. The Morgan fingerprint density at radius 1 is 1.04 bits per heavy atom. The summed E-state index contributed by atoms with van der Waals surface area (Å²) < 4.78 is 37.6. The largest absolute Gasteiger partial charge is 0.416 e. The van der Waals surface area contributed by atoms with Crippen molar-refractivity contribution in [3.63, 3.8) is 0 Å². The summed E-state index contributed by atoms with van der Waals surface area (Å²) in [5.41, 5.74) is 2.49. The Bertz CT molecular complexity index is 867. The molecule has 0 spiro atoms. The Hall–Kier alpha value is -2.24. The molecule has 0 aliphatic carbocycles. The number of nitrogens with zero attached hydrogens (tertiary/aromatic N) is 1. The van der Waals surface area contributed by atoms with E-state index in [0.717, 1.165) is 29.8 Å². The van der Waals surface area contributed by atoms with Gasteiger partial charge in [-0.05, 0) is 42.4 Å². The fraction of sp³-hybridized carbons (Fsp3) is 0.200. The number of likely N-dealkylation sites (N-methyl/N-ethyl adjacent to an activating group) is 1. The van der Waals surface area contributed by atoms with E-state index in [-0.39, 0.29) is 12.4 Å². The summed E-state index contributed by atoms with van der Waals surface area (Å²) in [6, 6.07) is 13.4. The lowest BCUT2D eigenvalue weighted by Gasteiger charge is -2.15. The number of hydrogen-bond acceptors (Lipinski definition) is 1. The number of H-pyrrole nitrogens is 1. The molecule has 0 saturated heterocycles. The van der Waals surface area contributed by atoms with Gasteiger partial charge < -0.3 is 4.98 Å². The summed E-state index contributed by atoms with van der Waals surface area (Å²) in [7, 11) is 2.02. The highest BCUT2D eigenvalue weighted by Gasteiger charge is 2.29. The molecule has 3 aromatic rings. The van der Waals surface area contributed by atoms with Crippen LogP contribution in [-0.4, -0.2) is 23.5 Å². The first kappa shape index (κ1) is 20.1. The smallest absolute Gasteiger partial charge is 0.361 e. The molecule has 0 saturated carbocycles. The van der Waals surface area contributed by atoms with Gasteiger partial charge in [0.05, 0.1) is 5.56 Å². The highest BCUT2D eigenvalue weighted by molar-refractivity contribution is 5.85. The monoisotopic (exact) mass is 380 g/mol. The molecule has 0 aliphatic rings. The first-order chi connectivity index (χ1) is 11.9. The Kier molecular flexibility index (Phi) is 6.51. The molecule has 1 aromatic heterocycles.